The fourth-order valence-corrected chi connectivity index (χ4v) is 2.90. The van der Waals surface area contributed by atoms with Crippen molar-refractivity contribution >= 4 is 5.97 Å². The summed E-state index contributed by atoms with van der Waals surface area (Å²) in [5.74, 6) is -0.755. The number of carboxylic acids is 1. The number of aliphatic hydroxyl groups is 1. The van der Waals surface area contributed by atoms with Gasteiger partial charge in [0.2, 0.25) is 0 Å². The summed E-state index contributed by atoms with van der Waals surface area (Å²) in [7, 11) is 0. The molecule has 4 nitrogen and oxygen atoms in total. The van der Waals surface area contributed by atoms with Crippen LogP contribution in [0.1, 0.15) is 43.1 Å². The second-order valence-electron chi connectivity index (χ2n) is 5.87. The highest BCUT2D eigenvalue weighted by atomic mass is 16.4. The van der Waals surface area contributed by atoms with Gasteiger partial charge in [0.15, 0.2) is 0 Å². The Kier molecular flexibility index (Phi) is 4.78. The molecule has 2 atom stereocenters. The molecule has 0 heterocycles. The number of nitrogens with one attached hydrogen (secondary N) is 1. The molecule has 1 aromatic rings. The van der Waals surface area contributed by atoms with Crippen LogP contribution in [-0.4, -0.2) is 28.8 Å². The van der Waals surface area contributed by atoms with Gasteiger partial charge in [0.25, 0.3) is 0 Å². The number of hydrogen-bond acceptors (Lipinski definition) is 3. The van der Waals surface area contributed by atoms with E-state index in [0.29, 0.717) is 0 Å². The molecule has 0 aromatic heterocycles. The molecule has 3 N–H and O–H groups in total. The average Bonchev–Trinajstić information content (AvgIpc) is 2.84. The van der Waals surface area contributed by atoms with Gasteiger partial charge in [0.1, 0.15) is 0 Å². The molecule has 0 saturated heterocycles. The van der Waals surface area contributed by atoms with E-state index in [1.165, 1.54) is 17.5 Å². The van der Waals surface area contributed by atoms with E-state index in [9.17, 15) is 9.90 Å². The van der Waals surface area contributed by atoms with Crippen molar-refractivity contribution in [1.29, 1.82) is 0 Å². The highest BCUT2D eigenvalue weighted by molar-refractivity contribution is 5.69. The van der Waals surface area contributed by atoms with Crippen LogP contribution in [0.4, 0.5) is 0 Å². The monoisotopic (exact) mass is 277 g/mol. The molecule has 4 heteroatoms. The van der Waals surface area contributed by atoms with Gasteiger partial charge < -0.3 is 15.5 Å². The average molecular weight is 277 g/mol. The van der Waals surface area contributed by atoms with Crippen LogP contribution < -0.4 is 5.32 Å². The van der Waals surface area contributed by atoms with Crippen LogP contribution in [-0.2, 0) is 17.6 Å². The number of aliphatic carboxylic acids is 1. The molecule has 1 aliphatic carbocycles. The largest absolute Gasteiger partial charge is 0.480 e. The normalized spacial score (nSPS) is 17.0. The Balaban J connectivity index is 2.14. The first-order valence-electron chi connectivity index (χ1n) is 7.24. The van der Waals surface area contributed by atoms with Crippen molar-refractivity contribution in [2.75, 3.05) is 6.54 Å². The van der Waals surface area contributed by atoms with Crippen molar-refractivity contribution in [2.45, 2.75) is 45.3 Å². The number of aliphatic hydroxyl groups excluding tert-OH is 1. The fraction of sp³-hybridized carbons (Fsp3) is 0.562. The van der Waals surface area contributed by atoms with E-state index in [4.69, 9.17) is 5.11 Å². The van der Waals surface area contributed by atoms with Gasteiger partial charge in [0, 0.05) is 6.04 Å². The smallest absolute Gasteiger partial charge is 0.317 e. The van der Waals surface area contributed by atoms with E-state index >= 15 is 0 Å². The van der Waals surface area contributed by atoms with Gasteiger partial charge in [-0.15, -0.1) is 0 Å². The van der Waals surface area contributed by atoms with Gasteiger partial charge in [-0.3, -0.25) is 4.79 Å². The Morgan fingerprint density at radius 3 is 2.65 bits per heavy atom. The summed E-state index contributed by atoms with van der Waals surface area (Å²) in [5, 5.41) is 22.3. The molecule has 0 saturated carbocycles. The Labute approximate surface area is 119 Å². The molecular formula is C16H23NO3. The van der Waals surface area contributed by atoms with E-state index in [2.05, 4.69) is 17.4 Å². The van der Waals surface area contributed by atoms with Crippen molar-refractivity contribution in [1.82, 2.24) is 5.32 Å². The van der Waals surface area contributed by atoms with Crippen molar-refractivity contribution in [3.8, 4) is 0 Å². The molecule has 20 heavy (non-hydrogen) atoms. The van der Waals surface area contributed by atoms with Crippen molar-refractivity contribution in [3.63, 3.8) is 0 Å². The van der Waals surface area contributed by atoms with Crippen LogP contribution in [0.3, 0.4) is 0 Å². The molecule has 0 bridgehead atoms. The van der Waals surface area contributed by atoms with Crippen molar-refractivity contribution in [3.05, 3.63) is 34.9 Å². The standard InChI is InChI=1S/C16H23NO3/c1-10(2)15(17-9-14(18)19)16(20)13-7-6-11-4-3-5-12(11)8-13/h6-8,10,15-17,20H,3-5,9H2,1-2H3,(H,18,19). The third-order valence-corrected chi connectivity index (χ3v) is 4.01. The summed E-state index contributed by atoms with van der Waals surface area (Å²) in [5.41, 5.74) is 3.57. The fourth-order valence-electron chi connectivity index (χ4n) is 2.90. The molecule has 2 rings (SSSR count). The predicted molar refractivity (Wildman–Crippen MR) is 77.7 cm³/mol. The molecule has 0 fully saturated rings. The minimum absolute atomic E-state index is 0.134. The SMILES string of the molecule is CC(C)C(NCC(=O)O)C(O)c1ccc2c(c1)CCC2. The zero-order chi connectivity index (χ0) is 14.7. The first-order valence-corrected chi connectivity index (χ1v) is 7.24. The lowest BCUT2D eigenvalue weighted by atomic mass is 9.92. The molecule has 1 aromatic carbocycles. The van der Waals surface area contributed by atoms with Crippen LogP contribution in [0.15, 0.2) is 18.2 Å². The lowest BCUT2D eigenvalue weighted by molar-refractivity contribution is -0.136. The maximum absolute atomic E-state index is 10.7. The zero-order valence-electron chi connectivity index (χ0n) is 12.1. The Morgan fingerprint density at radius 2 is 2.00 bits per heavy atom. The minimum Gasteiger partial charge on any atom is -0.480 e. The van der Waals surface area contributed by atoms with Crippen LogP contribution in [0.25, 0.3) is 0 Å². The summed E-state index contributed by atoms with van der Waals surface area (Å²) in [6.45, 7) is 3.83. The molecule has 1 aliphatic rings. The summed E-state index contributed by atoms with van der Waals surface area (Å²) >= 11 is 0. The van der Waals surface area contributed by atoms with Gasteiger partial charge >= 0.3 is 5.97 Å². The summed E-state index contributed by atoms with van der Waals surface area (Å²) in [6.07, 6.45) is 2.70. The predicted octanol–water partition coefficient (Wildman–Crippen LogP) is 1.91. The Hall–Kier alpha value is -1.39. The number of benzene rings is 1. The van der Waals surface area contributed by atoms with Crippen molar-refractivity contribution < 1.29 is 15.0 Å². The number of rotatable bonds is 6. The van der Waals surface area contributed by atoms with E-state index in [0.717, 1.165) is 18.4 Å². The molecule has 110 valence electrons. The summed E-state index contributed by atoms with van der Waals surface area (Å²) < 4.78 is 0. The molecule has 2 unspecified atom stereocenters. The highest BCUT2D eigenvalue weighted by Gasteiger charge is 2.25. The zero-order valence-corrected chi connectivity index (χ0v) is 12.1. The number of aryl methyl sites for hydroxylation is 2. The van der Waals surface area contributed by atoms with E-state index in [1.54, 1.807) is 0 Å². The second kappa shape index (κ2) is 6.37. The van der Waals surface area contributed by atoms with E-state index in [1.807, 2.05) is 19.9 Å². The molecule has 0 amide bonds. The first-order chi connectivity index (χ1) is 9.49. The van der Waals surface area contributed by atoms with Crippen molar-refractivity contribution in [2.24, 2.45) is 5.92 Å². The molecule has 0 radical (unpaired) electrons. The number of hydrogen-bond donors (Lipinski definition) is 3. The number of carbonyl (C=O) groups is 1. The van der Waals surface area contributed by atoms with Gasteiger partial charge in [-0.05, 0) is 41.9 Å². The van der Waals surface area contributed by atoms with E-state index in [-0.39, 0.29) is 18.5 Å². The maximum atomic E-state index is 10.7. The van der Waals surface area contributed by atoms with Gasteiger partial charge in [0.05, 0.1) is 12.6 Å². The van der Waals surface area contributed by atoms with Gasteiger partial charge in [-0.25, -0.2) is 0 Å². The van der Waals surface area contributed by atoms with Gasteiger partial charge in [-0.2, -0.15) is 0 Å². The minimum atomic E-state index is -0.906. The Morgan fingerprint density at radius 1 is 1.30 bits per heavy atom. The van der Waals surface area contributed by atoms with Crippen LogP contribution in [0.2, 0.25) is 0 Å². The first kappa shape index (κ1) is 15.0. The maximum Gasteiger partial charge on any atom is 0.317 e. The lowest BCUT2D eigenvalue weighted by Gasteiger charge is -2.27. The van der Waals surface area contributed by atoms with Crippen LogP contribution in [0, 0.1) is 5.92 Å². The highest BCUT2D eigenvalue weighted by Crippen LogP contribution is 2.28. The molecular weight excluding hydrogens is 254 g/mol. The third kappa shape index (κ3) is 3.38. The molecule has 0 spiro atoms. The van der Waals surface area contributed by atoms with Crippen LogP contribution >= 0.6 is 0 Å². The topological polar surface area (TPSA) is 69.6 Å². The summed E-state index contributed by atoms with van der Waals surface area (Å²) in [4.78, 5) is 10.7. The number of carboxylic acid groups (broad SMARTS) is 1. The van der Waals surface area contributed by atoms with Gasteiger partial charge in [-0.1, -0.05) is 32.0 Å². The second-order valence-corrected chi connectivity index (χ2v) is 5.87. The van der Waals surface area contributed by atoms with E-state index < -0.39 is 12.1 Å². The lowest BCUT2D eigenvalue weighted by Crippen LogP contribution is -2.41. The summed E-state index contributed by atoms with van der Waals surface area (Å²) in [6, 6.07) is 5.87. The Bertz CT molecular complexity index is 485. The third-order valence-electron chi connectivity index (χ3n) is 4.01. The van der Waals surface area contributed by atoms with Crippen LogP contribution in [0.5, 0.6) is 0 Å². The number of fused-ring (bicyclic) bond motifs is 1. The molecule has 0 aliphatic heterocycles. The quantitative estimate of drug-likeness (QED) is 0.743.